The number of pyridine rings is 1. The molecule has 0 amide bonds. The molecule has 10 heteroatoms. The molecule has 6 heterocycles. The number of furan rings is 1. The van der Waals surface area contributed by atoms with Crippen molar-refractivity contribution in [2.75, 3.05) is 43.4 Å². The highest BCUT2D eigenvalue weighted by molar-refractivity contribution is 5.53. The summed E-state index contributed by atoms with van der Waals surface area (Å²) >= 11 is 0. The van der Waals surface area contributed by atoms with E-state index >= 15 is 0 Å². The highest BCUT2D eigenvalue weighted by atomic mass is 16.3. The Labute approximate surface area is 197 Å². The first-order valence-corrected chi connectivity index (χ1v) is 12.0. The summed E-state index contributed by atoms with van der Waals surface area (Å²) in [6, 6.07) is 7.94. The molecule has 2 saturated heterocycles. The van der Waals surface area contributed by atoms with Crippen molar-refractivity contribution in [3.05, 3.63) is 48.5 Å². The standard InChI is InChI=1S/C24H29N9O/c25-22-28-23(29-24-27-21(30-33(22)24)20-4-2-14-34-20)32-11-1-3-17(16-32)15-31-12-7-19(8-13-31)18-5-9-26-10-6-18/h2,4-6,9-10,14,17,19H,1,3,7-8,11-13,15-16H2,(H2,25,27,28,29,30). The minimum atomic E-state index is 0.283. The van der Waals surface area contributed by atoms with Crippen LogP contribution in [-0.2, 0) is 0 Å². The number of hydrogen-bond donors (Lipinski definition) is 1. The van der Waals surface area contributed by atoms with E-state index in [2.05, 4.69) is 47.0 Å². The van der Waals surface area contributed by atoms with Gasteiger partial charge in [0.05, 0.1) is 6.26 Å². The molecule has 0 bridgehead atoms. The van der Waals surface area contributed by atoms with Gasteiger partial charge in [-0.25, -0.2) is 0 Å². The van der Waals surface area contributed by atoms with E-state index in [1.54, 1.807) is 12.3 Å². The monoisotopic (exact) mass is 459 g/mol. The lowest BCUT2D eigenvalue weighted by molar-refractivity contribution is 0.173. The molecule has 0 aromatic carbocycles. The van der Waals surface area contributed by atoms with E-state index < -0.39 is 0 Å². The van der Waals surface area contributed by atoms with E-state index in [0.29, 0.717) is 35.1 Å². The average molecular weight is 460 g/mol. The number of nitrogens with zero attached hydrogens (tertiary/aromatic N) is 8. The van der Waals surface area contributed by atoms with Gasteiger partial charge in [0.15, 0.2) is 5.76 Å². The third kappa shape index (κ3) is 4.21. The van der Waals surface area contributed by atoms with Crippen LogP contribution in [0.15, 0.2) is 47.3 Å². The molecule has 10 nitrogen and oxygen atoms in total. The molecule has 4 aromatic rings. The molecule has 2 N–H and O–H groups in total. The highest BCUT2D eigenvalue weighted by Crippen LogP contribution is 2.29. The minimum Gasteiger partial charge on any atom is -0.461 e. The van der Waals surface area contributed by atoms with E-state index in [0.717, 1.165) is 39.1 Å². The molecule has 2 aliphatic rings. The van der Waals surface area contributed by atoms with Crippen molar-refractivity contribution in [1.82, 2.24) is 34.4 Å². The smallest absolute Gasteiger partial charge is 0.259 e. The minimum absolute atomic E-state index is 0.283. The molecule has 1 unspecified atom stereocenters. The van der Waals surface area contributed by atoms with Crippen molar-refractivity contribution in [3.8, 4) is 11.6 Å². The molecule has 4 aromatic heterocycles. The van der Waals surface area contributed by atoms with Crippen LogP contribution in [0, 0.1) is 5.92 Å². The summed E-state index contributed by atoms with van der Waals surface area (Å²) in [5.74, 6) is 3.62. The fourth-order valence-corrected chi connectivity index (χ4v) is 5.29. The summed E-state index contributed by atoms with van der Waals surface area (Å²) in [6.07, 6.45) is 10.2. The van der Waals surface area contributed by atoms with Gasteiger partial charge in [-0.3, -0.25) is 4.98 Å². The Morgan fingerprint density at radius 3 is 2.65 bits per heavy atom. The number of nitrogen functional groups attached to an aromatic ring is 1. The molecule has 0 saturated carbocycles. The summed E-state index contributed by atoms with van der Waals surface area (Å²) in [7, 11) is 0. The third-order valence-electron chi connectivity index (χ3n) is 7.05. The molecule has 0 aliphatic carbocycles. The van der Waals surface area contributed by atoms with Gasteiger partial charge >= 0.3 is 0 Å². The molecule has 1 atom stereocenters. The molecular weight excluding hydrogens is 430 g/mol. The van der Waals surface area contributed by atoms with Crippen LogP contribution in [-0.4, -0.2) is 67.2 Å². The second-order valence-corrected chi connectivity index (χ2v) is 9.32. The molecule has 2 aliphatic heterocycles. The zero-order chi connectivity index (χ0) is 22.9. The first-order chi connectivity index (χ1) is 16.7. The summed E-state index contributed by atoms with van der Waals surface area (Å²) in [5.41, 5.74) is 7.64. The second kappa shape index (κ2) is 9.02. The zero-order valence-electron chi connectivity index (χ0n) is 19.1. The number of piperidine rings is 2. The lowest BCUT2D eigenvalue weighted by Gasteiger charge is -2.38. The van der Waals surface area contributed by atoms with Crippen molar-refractivity contribution in [2.45, 2.75) is 31.6 Å². The topological polar surface area (TPSA) is 114 Å². The van der Waals surface area contributed by atoms with Crippen LogP contribution in [0.1, 0.15) is 37.2 Å². The second-order valence-electron chi connectivity index (χ2n) is 9.32. The molecule has 0 spiro atoms. The predicted molar refractivity (Wildman–Crippen MR) is 128 cm³/mol. The summed E-state index contributed by atoms with van der Waals surface area (Å²) in [5, 5.41) is 4.39. The predicted octanol–water partition coefficient (Wildman–Crippen LogP) is 2.85. The van der Waals surface area contributed by atoms with Crippen molar-refractivity contribution in [2.24, 2.45) is 5.92 Å². The van der Waals surface area contributed by atoms with E-state index in [1.165, 1.54) is 29.3 Å². The lowest BCUT2D eigenvalue weighted by atomic mass is 9.89. The Bertz CT molecular complexity index is 1230. The summed E-state index contributed by atoms with van der Waals surface area (Å²) in [4.78, 5) is 22.8. The van der Waals surface area contributed by atoms with Gasteiger partial charge in [-0.15, -0.1) is 5.10 Å². The Balaban J connectivity index is 1.11. The van der Waals surface area contributed by atoms with Crippen LogP contribution in [0.3, 0.4) is 0 Å². The van der Waals surface area contributed by atoms with Crippen LogP contribution in [0.2, 0.25) is 0 Å². The number of fused-ring (bicyclic) bond motifs is 1. The number of likely N-dealkylation sites (tertiary alicyclic amines) is 1. The first kappa shape index (κ1) is 21.0. The summed E-state index contributed by atoms with van der Waals surface area (Å²) < 4.78 is 6.88. The van der Waals surface area contributed by atoms with Gasteiger partial charge in [-0.1, -0.05) is 0 Å². The van der Waals surface area contributed by atoms with Crippen LogP contribution < -0.4 is 10.6 Å². The van der Waals surface area contributed by atoms with Gasteiger partial charge in [0.25, 0.3) is 5.78 Å². The Morgan fingerprint density at radius 2 is 1.85 bits per heavy atom. The highest BCUT2D eigenvalue weighted by Gasteiger charge is 2.27. The maximum atomic E-state index is 6.22. The molecule has 0 radical (unpaired) electrons. The number of anilines is 2. The van der Waals surface area contributed by atoms with Gasteiger partial charge in [-0.05, 0) is 80.4 Å². The lowest BCUT2D eigenvalue weighted by Crippen LogP contribution is -2.43. The quantitative estimate of drug-likeness (QED) is 0.481. The van der Waals surface area contributed by atoms with Gasteiger partial charge in [0, 0.05) is 32.0 Å². The SMILES string of the molecule is Nc1nc(N2CCCC(CN3CCC(c4ccncc4)CC3)C2)nc2nc(-c3ccco3)nn12. The van der Waals surface area contributed by atoms with Crippen LogP contribution in [0.5, 0.6) is 0 Å². The van der Waals surface area contributed by atoms with E-state index in [1.807, 2.05) is 18.5 Å². The largest absolute Gasteiger partial charge is 0.461 e. The first-order valence-electron chi connectivity index (χ1n) is 12.0. The maximum Gasteiger partial charge on any atom is 0.259 e. The van der Waals surface area contributed by atoms with E-state index in [-0.39, 0.29) is 5.95 Å². The van der Waals surface area contributed by atoms with Gasteiger partial charge in [-0.2, -0.15) is 19.5 Å². The molecule has 2 fully saturated rings. The molecule has 34 heavy (non-hydrogen) atoms. The average Bonchev–Trinajstić information content (AvgIpc) is 3.56. The number of rotatable bonds is 5. The molecular formula is C24H29N9O. The van der Waals surface area contributed by atoms with Crippen molar-refractivity contribution < 1.29 is 4.42 Å². The van der Waals surface area contributed by atoms with E-state index in [4.69, 9.17) is 10.2 Å². The zero-order valence-corrected chi connectivity index (χ0v) is 19.1. The fourth-order valence-electron chi connectivity index (χ4n) is 5.29. The fraction of sp³-hybridized carbons (Fsp3) is 0.458. The van der Waals surface area contributed by atoms with Crippen LogP contribution in [0.4, 0.5) is 11.9 Å². The third-order valence-corrected chi connectivity index (χ3v) is 7.05. The van der Waals surface area contributed by atoms with Crippen molar-refractivity contribution >= 4 is 17.7 Å². The number of hydrogen-bond acceptors (Lipinski definition) is 9. The Hall–Kier alpha value is -3.53. The van der Waals surface area contributed by atoms with Crippen LogP contribution >= 0.6 is 0 Å². The Kier molecular flexibility index (Phi) is 5.58. The van der Waals surface area contributed by atoms with Gasteiger partial charge in [0.1, 0.15) is 0 Å². The number of nitrogens with two attached hydrogens (primary N) is 1. The van der Waals surface area contributed by atoms with Gasteiger partial charge in [0.2, 0.25) is 17.7 Å². The summed E-state index contributed by atoms with van der Waals surface area (Å²) in [6.45, 7) is 5.27. The molecule has 176 valence electrons. The normalized spacial score (nSPS) is 20.2. The number of aromatic nitrogens is 6. The molecule has 6 rings (SSSR count). The van der Waals surface area contributed by atoms with Crippen molar-refractivity contribution in [1.29, 1.82) is 0 Å². The maximum absolute atomic E-state index is 6.22. The van der Waals surface area contributed by atoms with Crippen molar-refractivity contribution in [3.63, 3.8) is 0 Å². The Morgan fingerprint density at radius 1 is 1.00 bits per heavy atom. The van der Waals surface area contributed by atoms with E-state index in [9.17, 15) is 0 Å². The van der Waals surface area contributed by atoms with Crippen LogP contribution in [0.25, 0.3) is 17.4 Å². The van der Waals surface area contributed by atoms with Gasteiger partial charge < -0.3 is 20.0 Å².